The summed E-state index contributed by atoms with van der Waals surface area (Å²) in [5, 5.41) is 15.4. The molecule has 5 nitrogen and oxygen atoms in total. The van der Waals surface area contributed by atoms with E-state index in [2.05, 4.69) is 37.1 Å². The van der Waals surface area contributed by atoms with Gasteiger partial charge in [-0.15, -0.1) is 0 Å². The van der Waals surface area contributed by atoms with E-state index < -0.39 is 5.60 Å². The third-order valence-corrected chi connectivity index (χ3v) is 7.21. The lowest BCUT2D eigenvalue weighted by Crippen LogP contribution is -2.51. The van der Waals surface area contributed by atoms with Gasteiger partial charge in [-0.3, -0.25) is 9.80 Å². The van der Waals surface area contributed by atoms with Crippen LogP contribution in [-0.2, 0) is 13.2 Å². The average molecular weight is 523 g/mol. The monoisotopic (exact) mass is 521 g/mol. The maximum Gasteiger partial charge on any atom is 0.124 e. The summed E-state index contributed by atoms with van der Waals surface area (Å²) in [5.74, 6) is 0.904. The molecule has 0 spiro atoms. The van der Waals surface area contributed by atoms with Crippen LogP contribution in [0.2, 0.25) is 5.02 Å². The lowest BCUT2D eigenvalue weighted by molar-refractivity contribution is -0.0459. The van der Waals surface area contributed by atoms with Crippen LogP contribution in [0.3, 0.4) is 0 Å². The van der Waals surface area contributed by atoms with Gasteiger partial charge in [0.1, 0.15) is 12.4 Å². The van der Waals surface area contributed by atoms with E-state index in [0.717, 1.165) is 98.0 Å². The number of rotatable bonds is 7. The van der Waals surface area contributed by atoms with Gasteiger partial charge in [-0.05, 0) is 68.2 Å². The van der Waals surface area contributed by atoms with Crippen LogP contribution in [-0.4, -0.2) is 66.3 Å². The van der Waals surface area contributed by atoms with Crippen molar-refractivity contribution in [1.29, 1.82) is 0 Å². The highest BCUT2D eigenvalue weighted by Gasteiger charge is 2.34. The molecule has 2 aromatic carbocycles. The second-order valence-electron chi connectivity index (χ2n) is 9.05. The van der Waals surface area contributed by atoms with Crippen LogP contribution in [0.4, 0.5) is 0 Å². The molecule has 2 heterocycles. The number of halogens is 2. The summed E-state index contributed by atoms with van der Waals surface area (Å²) in [6.45, 7) is 8.10. The molecule has 0 amide bonds. The maximum absolute atomic E-state index is 11.2. The standard InChI is InChI=1S/C25H33BrClN3O2/c26-22-4-7-24(32-18-20-2-5-23(27)6-3-20)21(16-22)17-29-13-8-25(31,9-14-29)19-30-12-1-10-28-11-15-30/h2-7,16,28,31H,1,8-15,17-19H2. The fraction of sp³-hybridized carbons (Fsp3) is 0.520. The molecule has 0 unspecified atom stereocenters. The van der Waals surface area contributed by atoms with Gasteiger partial charge in [-0.2, -0.15) is 0 Å². The van der Waals surface area contributed by atoms with Crippen molar-refractivity contribution < 1.29 is 9.84 Å². The van der Waals surface area contributed by atoms with Gasteiger partial charge in [0.05, 0.1) is 5.60 Å². The summed E-state index contributed by atoms with van der Waals surface area (Å²) >= 11 is 9.59. The molecule has 2 aliphatic rings. The Hall–Kier alpha value is -1.15. The van der Waals surface area contributed by atoms with Gasteiger partial charge in [-0.25, -0.2) is 0 Å². The van der Waals surface area contributed by atoms with E-state index in [0.29, 0.717) is 6.61 Å². The fourth-order valence-corrected chi connectivity index (χ4v) is 5.09. The third-order valence-electron chi connectivity index (χ3n) is 6.46. The molecule has 7 heteroatoms. The quantitative estimate of drug-likeness (QED) is 0.568. The average Bonchev–Trinajstić information content (AvgIpc) is 3.04. The Balaban J connectivity index is 1.33. The minimum absolute atomic E-state index is 0.510. The van der Waals surface area contributed by atoms with Gasteiger partial charge in [-0.1, -0.05) is 39.7 Å². The SMILES string of the molecule is OC1(CN2CCCNCC2)CCN(Cc2cc(Br)ccc2OCc2ccc(Cl)cc2)CC1. The Morgan fingerprint density at radius 3 is 2.56 bits per heavy atom. The zero-order valence-electron chi connectivity index (χ0n) is 18.5. The number of nitrogens with zero attached hydrogens (tertiary/aromatic N) is 2. The number of benzene rings is 2. The van der Waals surface area contributed by atoms with Gasteiger partial charge < -0.3 is 15.2 Å². The van der Waals surface area contributed by atoms with Crippen LogP contribution in [0.1, 0.15) is 30.4 Å². The molecule has 4 rings (SSSR count). The maximum atomic E-state index is 11.2. The second-order valence-corrected chi connectivity index (χ2v) is 10.4. The summed E-state index contributed by atoms with van der Waals surface area (Å²) in [4.78, 5) is 4.85. The lowest BCUT2D eigenvalue weighted by Gasteiger charge is -2.41. The largest absolute Gasteiger partial charge is 0.489 e. The van der Waals surface area contributed by atoms with E-state index in [1.807, 2.05) is 36.4 Å². The van der Waals surface area contributed by atoms with Crippen molar-refractivity contribution in [3.8, 4) is 5.75 Å². The number of aliphatic hydroxyl groups is 1. The smallest absolute Gasteiger partial charge is 0.124 e. The molecular formula is C25H33BrClN3O2. The second kappa shape index (κ2) is 11.3. The Kier molecular flexibility index (Phi) is 8.49. The van der Waals surface area contributed by atoms with E-state index in [1.165, 1.54) is 0 Å². The predicted octanol–water partition coefficient (Wildman–Crippen LogP) is 4.30. The molecule has 2 saturated heterocycles. The topological polar surface area (TPSA) is 48.0 Å². The van der Waals surface area contributed by atoms with Crippen molar-refractivity contribution >= 4 is 27.5 Å². The van der Waals surface area contributed by atoms with Crippen LogP contribution in [0, 0.1) is 0 Å². The molecule has 2 aromatic rings. The Bertz CT molecular complexity index is 864. The van der Waals surface area contributed by atoms with Gasteiger partial charge in [0, 0.05) is 54.3 Å². The molecular weight excluding hydrogens is 490 g/mol. The molecule has 174 valence electrons. The zero-order valence-corrected chi connectivity index (χ0v) is 20.9. The number of piperidine rings is 1. The van der Waals surface area contributed by atoms with Crippen molar-refractivity contribution in [2.45, 2.75) is 38.0 Å². The van der Waals surface area contributed by atoms with E-state index >= 15 is 0 Å². The number of hydrogen-bond donors (Lipinski definition) is 2. The first-order chi connectivity index (χ1) is 15.5. The van der Waals surface area contributed by atoms with Crippen molar-refractivity contribution in [1.82, 2.24) is 15.1 Å². The van der Waals surface area contributed by atoms with E-state index in [9.17, 15) is 5.11 Å². The number of nitrogens with one attached hydrogen (secondary N) is 1. The normalized spacial score (nSPS) is 20.1. The zero-order chi connectivity index (χ0) is 22.4. The highest BCUT2D eigenvalue weighted by atomic mass is 79.9. The summed E-state index contributed by atoms with van der Waals surface area (Å²) in [6.07, 6.45) is 2.78. The molecule has 0 saturated carbocycles. The van der Waals surface area contributed by atoms with E-state index in [4.69, 9.17) is 16.3 Å². The molecule has 0 bridgehead atoms. The number of β-amino-alcohol motifs (C(OH)–C–C–N with tert-alkyl or cyclic N) is 1. The predicted molar refractivity (Wildman–Crippen MR) is 133 cm³/mol. The van der Waals surface area contributed by atoms with Gasteiger partial charge in [0.15, 0.2) is 0 Å². The van der Waals surface area contributed by atoms with E-state index in [-0.39, 0.29) is 0 Å². The minimum atomic E-state index is -0.577. The number of hydrogen-bond acceptors (Lipinski definition) is 5. The molecule has 0 atom stereocenters. The summed E-state index contributed by atoms with van der Waals surface area (Å²) in [7, 11) is 0. The lowest BCUT2D eigenvalue weighted by atomic mass is 9.90. The third kappa shape index (κ3) is 6.92. The highest BCUT2D eigenvalue weighted by Crippen LogP contribution is 2.29. The minimum Gasteiger partial charge on any atom is -0.489 e. The molecule has 0 aromatic heterocycles. The first kappa shape index (κ1) is 24.0. The van der Waals surface area contributed by atoms with Gasteiger partial charge >= 0.3 is 0 Å². The van der Waals surface area contributed by atoms with Gasteiger partial charge in [0.2, 0.25) is 0 Å². The molecule has 0 aliphatic carbocycles. The summed E-state index contributed by atoms with van der Waals surface area (Å²) < 4.78 is 7.21. The Labute approximate surface area is 204 Å². The summed E-state index contributed by atoms with van der Waals surface area (Å²) in [5.41, 5.74) is 1.68. The fourth-order valence-electron chi connectivity index (χ4n) is 4.56. The van der Waals surface area contributed by atoms with Crippen LogP contribution in [0.15, 0.2) is 46.9 Å². The Morgan fingerprint density at radius 2 is 1.78 bits per heavy atom. The van der Waals surface area contributed by atoms with Gasteiger partial charge in [0.25, 0.3) is 0 Å². The summed E-state index contributed by atoms with van der Waals surface area (Å²) in [6, 6.07) is 14.0. The van der Waals surface area contributed by atoms with Crippen LogP contribution < -0.4 is 10.1 Å². The molecule has 0 radical (unpaired) electrons. The van der Waals surface area contributed by atoms with Crippen LogP contribution >= 0.6 is 27.5 Å². The first-order valence-corrected chi connectivity index (χ1v) is 12.7. The van der Waals surface area contributed by atoms with Crippen molar-refractivity contribution in [3.63, 3.8) is 0 Å². The number of likely N-dealkylation sites (tertiary alicyclic amines) is 1. The highest BCUT2D eigenvalue weighted by molar-refractivity contribution is 9.10. The van der Waals surface area contributed by atoms with Crippen LogP contribution in [0.5, 0.6) is 5.75 Å². The van der Waals surface area contributed by atoms with E-state index in [1.54, 1.807) is 0 Å². The van der Waals surface area contributed by atoms with Crippen molar-refractivity contribution in [3.05, 3.63) is 63.1 Å². The number of ether oxygens (including phenoxy) is 1. The molecule has 32 heavy (non-hydrogen) atoms. The Morgan fingerprint density at radius 1 is 1.00 bits per heavy atom. The first-order valence-electron chi connectivity index (χ1n) is 11.5. The molecule has 2 N–H and O–H groups in total. The molecule has 2 aliphatic heterocycles. The van der Waals surface area contributed by atoms with Crippen molar-refractivity contribution in [2.75, 3.05) is 45.8 Å². The van der Waals surface area contributed by atoms with Crippen LogP contribution in [0.25, 0.3) is 0 Å². The van der Waals surface area contributed by atoms with Crippen molar-refractivity contribution in [2.24, 2.45) is 0 Å². The molecule has 2 fully saturated rings.